The number of carbonyl (C=O) groups is 1. The van der Waals surface area contributed by atoms with Crippen molar-refractivity contribution in [2.24, 2.45) is 0 Å². The molecular formula is C22H26N4O2S2. The molecule has 2 aromatic heterocycles. The number of thioether (sulfide) groups is 1. The molecule has 0 spiro atoms. The quantitative estimate of drug-likeness (QED) is 0.448. The lowest BCUT2D eigenvalue weighted by atomic mass is 10.2. The number of nitrogens with one attached hydrogen (secondary N) is 1. The Bertz CT molecular complexity index is 1100. The first-order valence-corrected chi connectivity index (χ1v) is 12.0. The molecule has 1 amide bonds. The molecule has 8 heteroatoms. The number of aryl methyl sites for hydroxylation is 1. The van der Waals surface area contributed by atoms with E-state index in [0.717, 1.165) is 30.9 Å². The van der Waals surface area contributed by atoms with Crippen LogP contribution in [-0.4, -0.2) is 51.8 Å². The van der Waals surface area contributed by atoms with Crippen molar-refractivity contribution < 1.29 is 4.79 Å². The summed E-state index contributed by atoms with van der Waals surface area (Å²) in [6.45, 7) is 7.61. The van der Waals surface area contributed by atoms with Crippen LogP contribution in [0.4, 0.5) is 0 Å². The molecule has 3 heterocycles. The van der Waals surface area contributed by atoms with E-state index in [1.54, 1.807) is 4.57 Å². The number of amides is 1. The highest BCUT2D eigenvalue weighted by Gasteiger charge is 2.21. The van der Waals surface area contributed by atoms with Crippen molar-refractivity contribution in [2.45, 2.75) is 37.1 Å². The van der Waals surface area contributed by atoms with Crippen LogP contribution >= 0.6 is 23.1 Å². The summed E-state index contributed by atoms with van der Waals surface area (Å²) in [5, 5.41) is 5.71. The van der Waals surface area contributed by atoms with Crippen molar-refractivity contribution in [1.29, 1.82) is 0 Å². The van der Waals surface area contributed by atoms with Gasteiger partial charge in [-0.3, -0.25) is 14.2 Å². The van der Waals surface area contributed by atoms with Crippen LogP contribution in [0.25, 0.3) is 15.9 Å². The van der Waals surface area contributed by atoms with E-state index in [4.69, 9.17) is 4.98 Å². The molecule has 0 radical (unpaired) electrons. The molecule has 0 bridgehead atoms. The fourth-order valence-corrected chi connectivity index (χ4v) is 5.45. The van der Waals surface area contributed by atoms with Gasteiger partial charge in [-0.15, -0.1) is 11.3 Å². The Kier molecular flexibility index (Phi) is 6.55. The third-order valence-electron chi connectivity index (χ3n) is 5.40. The molecule has 1 N–H and O–H groups in total. The lowest BCUT2D eigenvalue weighted by molar-refractivity contribution is -0.120. The Hall–Kier alpha value is -2.16. The van der Waals surface area contributed by atoms with E-state index >= 15 is 0 Å². The van der Waals surface area contributed by atoms with Gasteiger partial charge in [-0.25, -0.2) is 4.98 Å². The normalized spacial score (nSPS) is 15.5. The molecule has 1 saturated heterocycles. The van der Waals surface area contributed by atoms with Gasteiger partial charge >= 0.3 is 0 Å². The van der Waals surface area contributed by atoms with Crippen molar-refractivity contribution in [3.8, 4) is 5.69 Å². The molecule has 1 fully saturated rings. The zero-order valence-electron chi connectivity index (χ0n) is 17.3. The molecule has 4 rings (SSSR count). The number of hydrogen-bond donors (Lipinski definition) is 1. The summed E-state index contributed by atoms with van der Waals surface area (Å²) in [4.78, 5) is 33.7. The Morgan fingerprint density at radius 1 is 1.27 bits per heavy atom. The molecule has 30 heavy (non-hydrogen) atoms. The first-order valence-electron chi connectivity index (χ1n) is 10.3. The molecule has 1 aromatic carbocycles. The fourth-order valence-electron chi connectivity index (χ4n) is 3.70. The topological polar surface area (TPSA) is 67.2 Å². The summed E-state index contributed by atoms with van der Waals surface area (Å²) >= 11 is 2.77. The standard InChI is InChI=1S/C22H26N4O2S2/c1-15-7-3-4-8-18(15)26-21(28)17-9-14-29-20(17)24-22(26)30-16(2)19(27)23-10-13-25-11-5-6-12-25/h3-4,7-9,14,16H,5-6,10-13H2,1-2H3,(H,23,27). The Balaban J connectivity index is 1.57. The summed E-state index contributed by atoms with van der Waals surface area (Å²) < 4.78 is 1.64. The van der Waals surface area contributed by atoms with E-state index in [2.05, 4.69) is 10.2 Å². The molecule has 1 unspecified atom stereocenters. The second-order valence-corrected chi connectivity index (χ2v) is 9.76. The fraction of sp³-hybridized carbons (Fsp3) is 0.409. The predicted molar refractivity (Wildman–Crippen MR) is 124 cm³/mol. The van der Waals surface area contributed by atoms with E-state index in [1.807, 2.05) is 49.6 Å². The lowest BCUT2D eigenvalue weighted by Crippen LogP contribution is -2.37. The van der Waals surface area contributed by atoms with Gasteiger partial charge < -0.3 is 10.2 Å². The molecule has 0 aliphatic carbocycles. The van der Waals surface area contributed by atoms with Gasteiger partial charge in [-0.05, 0) is 62.9 Å². The predicted octanol–water partition coefficient (Wildman–Crippen LogP) is 3.45. The highest BCUT2D eigenvalue weighted by atomic mass is 32.2. The highest BCUT2D eigenvalue weighted by Crippen LogP contribution is 2.27. The van der Waals surface area contributed by atoms with Crippen molar-refractivity contribution in [3.63, 3.8) is 0 Å². The number of nitrogens with zero attached hydrogens (tertiary/aromatic N) is 3. The van der Waals surface area contributed by atoms with Crippen LogP contribution < -0.4 is 10.9 Å². The van der Waals surface area contributed by atoms with Gasteiger partial charge in [-0.2, -0.15) is 0 Å². The maximum atomic E-state index is 13.2. The number of likely N-dealkylation sites (tertiary alicyclic amines) is 1. The second kappa shape index (κ2) is 9.32. The minimum absolute atomic E-state index is 0.0314. The van der Waals surface area contributed by atoms with Gasteiger partial charge in [0.25, 0.3) is 5.56 Å². The van der Waals surface area contributed by atoms with Gasteiger partial charge in [0, 0.05) is 13.1 Å². The maximum absolute atomic E-state index is 13.2. The summed E-state index contributed by atoms with van der Waals surface area (Å²) in [6, 6.07) is 9.57. The number of benzene rings is 1. The first-order chi connectivity index (χ1) is 14.5. The van der Waals surface area contributed by atoms with Gasteiger partial charge in [-0.1, -0.05) is 30.0 Å². The molecule has 1 atom stereocenters. The molecule has 6 nitrogen and oxygen atoms in total. The summed E-state index contributed by atoms with van der Waals surface area (Å²) in [5.41, 5.74) is 1.69. The molecule has 158 valence electrons. The van der Waals surface area contributed by atoms with Gasteiger partial charge in [0.05, 0.1) is 16.3 Å². The van der Waals surface area contributed by atoms with Crippen LogP contribution in [0.15, 0.2) is 45.7 Å². The molecule has 0 saturated carbocycles. The summed E-state index contributed by atoms with van der Waals surface area (Å²) in [7, 11) is 0. The van der Waals surface area contributed by atoms with Crippen molar-refractivity contribution >= 4 is 39.2 Å². The number of thiophene rings is 1. The van der Waals surface area contributed by atoms with Crippen LogP contribution in [0, 0.1) is 6.92 Å². The van der Waals surface area contributed by atoms with E-state index in [-0.39, 0.29) is 16.7 Å². The smallest absolute Gasteiger partial charge is 0.267 e. The summed E-state index contributed by atoms with van der Waals surface area (Å²) in [6.07, 6.45) is 2.49. The van der Waals surface area contributed by atoms with Crippen LogP contribution in [-0.2, 0) is 4.79 Å². The van der Waals surface area contributed by atoms with Crippen LogP contribution in [0.3, 0.4) is 0 Å². The van der Waals surface area contributed by atoms with E-state index in [1.165, 1.54) is 35.9 Å². The average molecular weight is 443 g/mol. The average Bonchev–Trinajstić information content (AvgIpc) is 3.41. The van der Waals surface area contributed by atoms with Crippen molar-refractivity contribution in [1.82, 2.24) is 19.8 Å². The minimum atomic E-state index is -0.358. The third kappa shape index (κ3) is 4.45. The van der Waals surface area contributed by atoms with E-state index in [0.29, 0.717) is 21.9 Å². The molecular weight excluding hydrogens is 416 g/mol. The minimum Gasteiger partial charge on any atom is -0.354 e. The van der Waals surface area contributed by atoms with E-state index in [9.17, 15) is 9.59 Å². The number of rotatable bonds is 7. The monoisotopic (exact) mass is 442 g/mol. The molecule has 3 aromatic rings. The lowest BCUT2D eigenvalue weighted by Gasteiger charge is -2.18. The van der Waals surface area contributed by atoms with Crippen LogP contribution in [0.2, 0.25) is 0 Å². The first kappa shape index (κ1) is 21.1. The van der Waals surface area contributed by atoms with Crippen LogP contribution in [0.1, 0.15) is 25.3 Å². The Morgan fingerprint density at radius 3 is 2.80 bits per heavy atom. The van der Waals surface area contributed by atoms with Crippen LogP contribution in [0.5, 0.6) is 0 Å². The molecule has 1 aliphatic heterocycles. The Morgan fingerprint density at radius 2 is 2.03 bits per heavy atom. The van der Waals surface area contributed by atoms with Gasteiger partial charge in [0.15, 0.2) is 5.16 Å². The SMILES string of the molecule is Cc1ccccc1-n1c(SC(C)C(=O)NCCN2CCCC2)nc2sccc2c1=O. The third-order valence-corrected chi connectivity index (χ3v) is 7.26. The maximum Gasteiger partial charge on any atom is 0.267 e. The number of aromatic nitrogens is 2. The largest absolute Gasteiger partial charge is 0.354 e. The summed E-state index contributed by atoms with van der Waals surface area (Å²) in [5.74, 6) is -0.0314. The zero-order chi connectivity index (χ0) is 21.1. The van der Waals surface area contributed by atoms with Crippen molar-refractivity contribution in [2.75, 3.05) is 26.2 Å². The number of fused-ring (bicyclic) bond motifs is 1. The number of para-hydroxylation sites is 1. The van der Waals surface area contributed by atoms with E-state index < -0.39 is 0 Å². The number of carbonyl (C=O) groups excluding carboxylic acids is 1. The number of hydrogen-bond acceptors (Lipinski definition) is 6. The highest BCUT2D eigenvalue weighted by molar-refractivity contribution is 8.00. The van der Waals surface area contributed by atoms with Gasteiger partial charge in [0.1, 0.15) is 4.83 Å². The Labute approximate surface area is 184 Å². The molecule has 1 aliphatic rings. The zero-order valence-corrected chi connectivity index (χ0v) is 18.9. The van der Waals surface area contributed by atoms with Crippen molar-refractivity contribution in [3.05, 3.63) is 51.6 Å². The van der Waals surface area contributed by atoms with Gasteiger partial charge in [0.2, 0.25) is 5.91 Å². The second-order valence-electron chi connectivity index (χ2n) is 7.56.